The summed E-state index contributed by atoms with van der Waals surface area (Å²) in [5.41, 5.74) is 2.83. The smallest absolute Gasteiger partial charge is 0.295 e. The summed E-state index contributed by atoms with van der Waals surface area (Å²) in [6.07, 6.45) is 0. The number of hydrogen-bond donors (Lipinski definition) is 4. The second kappa shape index (κ2) is 14.2. The summed E-state index contributed by atoms with van der Waals surface area (Å²) in [7, 11) is -9.26. The molecular weight excluding hydrogens is 709 g/mol. The molecule has 0 radical (unpaired) electrons. The molecule has 0 amide bonds. The van der Waals surface area contributed by atoms with Crippen molar-refractivity contribution in [3.63, 3.8) is 0 Å². The van der Waals surface area contributed by atoms with Crippen LogP contribution in [0.3, 0.4) is 0 Å². The fourth-order valence-corrected chi connectivity index (χ4v) is 6.86. The Kier molecular flexibility index (Phi) is 9.73. The summed E-state index contributed by atoms with van der Waals surface area (Å²) in [6, 6.07) is 29.0. The van der Waals surface area contributed by atoms with Crippen molar-refractivity contribution in [2.45, 2.75) is 23.6 Å². The number of aliphatic imine (C=N–C) groups is 2. The van der Waals surface area contributed by atoms with Crippen molar-refractivity contribution < 1.29 is 36.2 Å². The van der Waals surface area contributed by atoms with Gasteiger partial charge in [-0.25, -0.2) is 9.98 Å². The molecule has 0 bridgehead atoms. The van der Waals surface area contributed by atoms with Gasteiger partial charge in [0.1, 0.15) is 32.5 Å². The molecule has 0 heterocycles. The molecule has 16 heteroatoms. The lowest BCUT2D eigenvalue weighted by atomic mass is 10.1. The molecule has 6 aromatic rings. The van der Waals surface area contributed by atoms with Crippen molar-refractivity contribution in [3.05, 3.63) is 109 Å². The molecule has 0 aromatic heterocycles. The lowest BCUT2D eigenvalue weighted by molar-refractivity contribution is 0.482. The molecule has 0 atom stereocenters. The number of fused-ring (bicyclic) bond motifs is 2. The second-order valence-corrected chi connectivity index (χ2v) is 14.1. The third-order valence-electron chi connectivity index (χ3n) is 7.63. The highest BCUT2D eigenvalue weighted by Gasteiger charge is 2.21. The molecule has 14 nitrogen and oxygen atoms in total. The number of hydrogen-bond acceptors (Lipinski definition) is 10. The van der Waals surface area contributed by atoms with Gasteiger partial charge >= 0.3 is 0 Å². The van der Waals surface area contributed by atoms with Crippen molar-refractivity contribution in [2.75, 3.05) is 0 Å². The number of nitrogens with zero attached hydrogens (tertiary/aromatic N) is 6. The van der Waals surface area contributed by atoms with Crippen LogP contribution in [-0.4, -0.2) is 47.9 Å². The van der Waals surface area contributed by atoms with Crippen LogP contribution in [0.5, 0.6) is 0 Å². The minimum absolute atomic E-state index is 0.0110. The highest BCUT2D eigenvalue weighted by molar-refractivity contribution is 7.86. The lowest BCUT2D eigenvalue weighted by Crippen LogP contribution is -1.99. The SMILES string of the molecule is CC(O)=Nc1c(N=Nc2ccc(-c3ccc(N=Nc4cc(S(=O)(=O)O)c5ccccc5c4N=C(C)O)cc3)cc2)cc(S(=O)(=O)O)c2ccccc12. The summed E-state index contributed by atoms with van der Waals surface area (Å²) in [6.45, 7) is 2.72. The van der Waals surface area contributed by atoms with E-state index < -0.39 is 20.2 Å². The van der Waals surface area contributed by atoms with E-state index in [1.165, 1.54) is 26.0 Å². The zero-order valence-corrected chi connectivity index (χ0v) is 28.9. The summed E-state index contributed by atoms with van der Waals surface area (Å²) in [5.74, 6) is -0.567. The van der Waals surface area contributed by atoms with Crippen LogP contribution in [-0.2, 0) is 20.2 Å². The molecule has 4 N–H and O–H groups in total. The van der Waals surface area contributed by atoms with E-state index >= 15 is 0 Å². The third-order valence-corrected chi connectivity index (χ3v) is 9.42. The van der Waals surface area contributed by atoms with Crippen LogP contribution in [0.25, 0.3) is 32.7 Å². The van der Waals surface area contributed by atoms with E-state index in [4.69, 9.17) is 0 Å². The van der Waals surface area contributed by atoms with Gasteiger partial charge in [-0.15, -0.1) is 10.2 Å². The van der Waals surface area contributed by atoms with Crippen molar-refractivity contribution in [2.24, 2.45) is 30.4 Å². The third kappa shape index (κ3) is 7.74. The summed E-state index contributed by atoms with van der Waals surface area (Å²) >= 11 is 0. The van der Waals surface area contributed by atoms with Gasteiger partial charge in [0.25, 0.3) is 20.2 Å². The van der Waals surface area contributed by atoms with Gasteiger partial charge in [0, 0.05) is 35.4 Å². The minimum Gasteiger partial charge on any atom is -0.497 e. The molecular formula is C36H28N6O8S2. The van der Waals surface area contributed by atoms with E-state index in [9.17, 15) is 36.2 Å². The fraction of sp³-hybridized carbons (Fsp3) is 0.0556. The predicted octanol–water partition coefficient (Wildman–Crippen LogP) is 10.2. The minimum atomic E-state index is -4.63. The van der Waals surface area contributed by atoms with Crippen LogP contribution in [0, 0.1) is 0 Å². The average Bonchev–Trinajstić information content (AvgIpc) is 3.10. The van der Waals surface area contributed by atoms with Gasteiger partial charge in [0.05, 0.1) is 11.4 Å². The first kappa shape index (κ1) is 35.6. The summed E-state index contributed by atoms with van der Waals surface area (Å²) in [4.78, 5) is 7.51. The molecule has 0 aliphatic carbocycles. The van der Waals surface area contributed by atoms with Crippen LogP contribution >= 0.6 is 0 Å². The van der Waals surface area contributed by atoms with Crippen LogP contribution in [0.4, 0.5) is 34.1 Å². The highest BCUT2D eigenvalue weighted by atomic mass is 32.2. The Balaban J connectivity index is 1.28. The maximum absolute atomic E-state index is 12.2. The molecule has 0 fully saturated rings. The zero-order valence-electron chi connectivity index (χ0n) is 27.3. The molecule has 0 aliphatic heterocycles. The molecule has 0 spiro atoms. The average molecular weight is 737 g/mol. The predicted molar refractivity (Wildman–Crippen MR) is 199 cm³/mol. The zero-order chi connectivity index (χ0) is 37.2. The Bertz CT molecular complexity index is 2510. The highest BCUT2D eigenvalue weighted by Crippen LogP contribution is 2.42. The number of azo groups is 2. The Morgan fingerprint density at radius 3 is 1.12 bits per heavy atom. The van der Waals surface area contributed by atoms with E-state index in [0.717, 1.165) is 23.3 Å². The van der Waals surface area contributed by atoms with Gasteiger partial charge in [0.2, 0.25) is 0 Å². The number of aliphatic hydroxyl groups excluding tert-OH is 2. The fourth-order valence-electron chi connectivity index (χ4n) is 5.43. The van der Waals surface area contributed by atoms with Crippen LogP contribution < -0.4 is 0 Å². The van der Waals surface area contributed by atoms with Crippen molar-refractivity contribution in [1.82, 2.24) is 0 Å². The maximum atomic E-state index is 12.2. The molecule has 0 unspecified atom stereocenters. The number of aliphatic hydroxyl groups is 2. The molecule has 52 heavy (non-hydrogen) atoms. The monoisotopic (exact) mass is 736 g/mol. The molecule has 0 saturated heterocycles. The van der Waals surface area contributed by atoms with Crippen LogP contribution in [0.2, 0.25) is 0 Å². The Labute approximate surface area is 297 Å². The first-order chi connectivity index (χ1) is 24.7. The quantitative estimate of drug-likeness (QED) is 0.0482. The maximum Gasteiger partial charge on any atom is 0.295 e. The van der Waals surface area contributed by atoms with Gasteiger partial charge in [-0.05, 0) is 47.5 Å². The second-order valence-electron chi connectivity index (χ2n) is 11.3. The van der Waals surface area contributed by atoms with Crippen LogP contribution in [0.15, 0.2) is 149 Å². The van der Waals surface area contributed by atoms with E-state index in [-0.39, 0.29) is 55.1 Å². The van der Waals surface area contributed by atoms with Gasteiger partial charge in [-0.3, -0.25) is 9.11 Å². The topological polar surface area (TPSA) is 223 Å². The van der Waals surface area contributed by atoms with E-state index in [1.807, 2.05) is 0 Å². The Morgan fingerprint density at radius 2 is 0.808 bits per heavy atom. The van der Waals surface area contributed by atoms with Crippen LogP contribution in [0.1, 0.15) is 13.8 Å². The van der Waals surface area contributed by atoms with Gasteiger partial charge in [-0.1, -0.05) is 72.8 Å². The molecule has 6 rings (SSSR count). The van der Waals surface area contributed by atoms with Crippen molar-refractivity contribution >= 4 is 87.7 Å². The largest absolute Gasteiger partial charge is 0.497 e. The first-order valence-corrected chi connectivity index (χ1v) is 18.2. The van der Waals surface area contributed by atoms with Crippen molar-refractivity contribution in [3.8, 4) is 11.1 Å². The molecule has 262 valence electrons. The van der Waals surface area contributed by atoms with Gasteiger partial charge in [0.15, 0.2) is 11.8 Å². The van der Waals surface area contributed by atoms with E-state index in [1.54, 1.807) is 84.9 Å². The molecule has 0 aliphatic rings. The number of rotatable bonds is 9. The summed E-state index contributed by atoms with van der Waals surface area (Å²) < 4.78 is 68.5. The van der Waals surface area contributed by atoms with Gasteiger partial charge in [-0.2, -0.15) is 27.1 Å². The summed E-state index contributed by atoms with van der Waals surface area (Å²) in [5, 5.41) is 37.8. The Hall–Kier alpha value is -6.20. The van der Waals surface area contributed by atoms with E-state index in [2.05, 4.69) is 30.4 Å². The first-order valence-electron chi connectivity index (χ1n) is 15.3. The Morgan fingerprint density at radius 1 is 0.481 bits per heavy atom. The molecule has 0 saturated carbocycles. The normalized spacial score (nSPS) is 13.2. The number of benzene rings is 6. The molecule has 6 aromatic carbocycles. The standard InChI is InChI=1S/C36H28N6O8S2/c1-21(43)37-35-29-9-5-3-7-27(29)33(51(45,46)47)19-31(35)41-39-25-15-11-23(12-16-25)24-13-17-26(18-14-24)40-42-32-20-34(52(48,49)50)28-8-4-6-10-30(28)36(32)38-22(2)44/h3-20H,1-2H3,(H,37,43)(H,38,44)(H,45,46,47)(H,48,49,50). The van der Waals surface area contributed by atoms with E-state index in [0.29, 0.717) is 22.1 Å². The van der Waals surface area contributed by atoms with Crippen molar-refractivity contribution in [1.29, 1.82) is 0 Å². The lowest BCUT2D eigenvalue weighted by Gasteiger charge is -2.10. The van der Waals surface area contributed by atoms with Gasteiger partial charge < -0.3 is 10.2 Å².